The van der Waals surface area contributed by atoms with Crippen LogP contribution in [-0.4, -0.2) is 12.8 Å². The Bertz CT molecular complexity index is 111. The summed E-state index contributed by atoms with van der Waals surface area (Å²) in [7, 11) is 0. The van der Waals surface area contributed by atoms with Crippen molar-refractivity contribution in [2.45, 2.75) is 13.3 Å². The monoisotopic (exact) mass is 95.1 g/mol. The van der Waals surface area contributed by atoms with Gasteiger partial charge in [-0.25, -0.2) is 0 Å². The lowest BCUT2D eigenvalue weighted by Gasteiger charge is -1.97. The van der Waals surface area contributed by atoms with Crippen LogP contribution in [0, 0.1) is 0 Å². The van der Waals surface area contributed by atoms with E-state index >= 15 is 0 Å². The van der Waals surface area contributed by atoms with Crippen molar-refractivity contribution in [3.8, 4) is 0 Å². The van der Waals surface area contributed by atoms with E-state index < -0.39 is 0 Å². The zero-order chi connectivity index (χ0) is 5.11. The van der Waals surface area contributed by atoms with Gasteiger partial charge in [-0.05, 0) is 6.92 Å². The van der Waals surface area contributed by atoms with Crippen LogP contribution in [0.1, 0.15) is 13.3 Å². The summed E-state index contributed by atoms with van der Waals surface area (Å²) in [6.45, 7) is 3.02. The summed E-state index contributed by atoms with van der Waals surface area (Å²) in [5, 5.41) is 0. The van der Waals surface area contributed by atoms with Crippen LogP contribution in [0.15, 0.2) is 16.6 Å². The van der Waals surface area contributed by atoms with Crippen LogP contribution in [0.5, 0.6) is 0 Å². The molecule has 0 unspecified atom stereocenters. The zero-order valence-electron chi connectivity index (χ0n) is 4.52. The Morgan fingerprint density at radius 2 is 2.57 bits per heavy atom. The average molecular weight is 95.1 g/mol. The lowest BCUT2D eigenvalue weighted by atomic mass is 10.2. The summed E-state index contributed by atoms with van der Waals surface area (Å²) in [6.07, 6.45) is 5.19. The summed E-state index contributed by atoms with van der Waals surface area (Å²) in [5.41, 5.74) is 1.39. The molecule has 0 radical (unpaired) electrons. The summed E-state index contributed by atoms with van der Waals surface area (Å²) < 4.78 is 0. The van der Waals surface area contributed by atoms with Gasteiger partial charge in [0.05, 0.1) is 6.54 Å². The van der Waals surface area contributed by atoms with Gasteiger partial charge in [0.1, 0.15) is 0 Å². The van der Waals surface area contributed by atoms with E-state index in [2.05, 4.69) is 18.0 Å². The largest absolute Gasteiger partial charge is 0.293 e. The van der Waals surface area contributed by atoms with E-state index in [0.29, 0.717) is 0 Å². The molecular formula is C6H9N. The molecule has 1 heterocycles. The molecular weight excluding hydrogens is 86.1 g/mol. The first-order valence-corrected chi connectivity index (χ1v) is 2.53. The second kappa shape index (κ2) is 1.92. The van der Waals surface area contributed by atoms with Gasteiger partial charge in [0.2, 0.25) is 0 Å². The molecule has 0 aromatic rings. The molecule has 1 nitrogen and oxygen atoms in total. The first-order valence-electron chi connectivity index (χ1n) is 2.53. The van der Waals surface area contributed by atoms with Crippen molar-refractivity contribution in [1.29, 1.82) is 0 Å². The molecule has 1 aliphatic heterocycles. The lowest BCUT2D eigenvalue weighted by molar-refractivity contribution is 1.09. The minimum atomic E-state index is 0.917. The molecule has 0 atom stereocenters. The molecule has 0 aromatic carbocycles. The Morgan fingerprint density at radius 3 is 2.86 bits per heavy atom. The minimum absolute atomic E-state index is 0.917. The molecule has 0 bridgehead atoms. The fourth-order valence-corrected chi connectivity index (χ4v) is 0.602. The molecule has 0 amide bonds. The third-order valence-electron chi connectivity index (χ3n) is 1.04. The Balaban J connectivity index is 2.50. The predicted octanol–water partition coefficient (Wildman–Crippen LogP) is 1.41. The molecule has 1 aliphatic rings. The van der Waals surface area contributed by atoms with Gasteiger partial charge >= 0.3 is 0 Å². The molecule has 0 aromatic heterocycles. The van der Waals surface area contributed by atoms with Crippen LogP contribution in [-0.2, 0) is 0 Å². The number of allylic oxidation sites excluding steroid dienone is 1. The second-order valence-electron chi connectivity index (χ2n) is 1.81. The molecule has 0 aliphatic carbocycles. The molecule has 38 valence electrons. The Labute approximate surface area is 43.8 Å². The number of aliphatic imine (C=N–C) groups is 1. The van der Waals surface area contributed by atoms with E-state index in [-0.39, 0.29) is 0 Å². The number of hydrogen-bond donors (Lipinski definition) is 0. The standard InChI is InChI=1S/C6H9N/c1-6-3-2-4-7-5-6/h3-4H,2,5H2,1H3. The predicted molar refractivity (Wildman–Crippen MR) is 31.7 cm³/mol. The molecule has 0 saturated heterocycles. The van der Waals surface area contributed by atoms with Gasteiger partial charge in [0.25, 0.3) is 0 Å². The topological polar surface area (TPSA) is 12.4 Å². The number of hydrogen-bond acceptors (Lipinski definition) is 1. The van der Waals surface area contributed by atoms with E-state index in [9.17, 15) is 0 Å². The lowest BCUT2D eigenvalue weighted by Crippen LogP contribution is -1.89. The van der Waals surface area contributed by atoms with Crippen molar-refractivity contribution < 1.29 is 0 Å². The van der Waals surface area contributed by atoms with E-state index in [4.69, 9.17) is 0 Å². The van der Waals surface area contributed by atoms with Crippen LogP contribution < -0.4 is 0 Å². The zero-order valence-corrected chi connectivity index (χ0v) is 4.52. The smallest absolute Gasteiger partial charge is 0.0593 e. The molecule has 7 heavy (non-hydrogen) atoms. The minimum Gasteiger partial charge on any atom is -0.293 e. The van der Waals surface area contributed by atoms with Gasteiger partial charge in [-0.2, -0.15) is 0 Å². The third-order valence-corrected chi connectivity index (χ3v) is 1.04. The fraction of sp³-hybridized carbons (Fsp3) is 0.500. The molecule has 0 saturated carbocycles. The van der Waals surface area contributed by atoms with Crippen LogP contribution in [0.3, 0.4) is 0 Å². The maximum atomic E-state index is 4.06. The van der Waals surface area contributed by atoms with Crippen LogP contribution in [0.25, 0.3) is 0 Å². The average Bonchev–Trinajstić information content (AvgIpc) is 1.69. The van der Waals surface area contributed by atoms with Crippen molar-refractivity contribution in [3.63, 3.8) is 0 Å². The molecule has 1 rings (SSSR count). The summed E-state index contributed by atoms with van der Waals surface area (Å²) >= 11 is 0. The normalized spacial score (nSPS) is 19.3. The summed E-state index contributed by atoms with van der Waals surface area (Å²) in [4.78, 5) is 4.06. The van der Waals surface area contributed by atoms with Crippen molar-refractivity contribution in [3.05, 3.63) is 11.6 Å². The van der Waals surface area contributed by atoms with E-state index in [1.165, 1.54) is 5.57 Å². The van der Waals surface area contributed by atoms with Crippen LogP contribution >= 0.6 is 0 Å². The van der Waals surface area contributed by atoms with Gasteiger partial charge in [0, 0.05) is 12.6 Å². The highest BCUT2D eigenvalue weighted by atomic mass is 14.7. The third kappa shape index (κ3) is 1.15. The first kappa shape index (κ1) is 4.57. The van der Waals surface area contributed by atoms with E-state index in [1.54, 1.807) is 0 Å². The van der Waals surface area contributed by atoms with Gasteiger partial charge in [-0.3, -0.25) is 4.99 Å². The highest BCUT2D eigenvalue weighted by Gasteiger charge is 1.88. The number of nitrogens with zero attached hydrogens (tertiary/aromatic N) is 1. The van der Waals surface area contributed by atoms with Crippen LogP contribution in [0.2, 0.25) is 0 Å². The van der Waals surface area contributed by atoms with Crippen molar-refractivity contribution in [2.24, 2.45) is 4.99 Å². The van der Waals surface area contributed by atoms with Gasteiger partial charge in [-0.15, -0.1) is 0 Å². The van der Waals surface area contributed by atoms with Crippen molar-refractivity contribution in [1.82, 2.24) is 0 Å². The summed E-state index contributed by atoms with van der Waals surface area (Å²) in [6, 6.07) is 0. The fourth-order valence-electron chi connectivity index (χ4n) is 0.602. The maximum Gasteiger partial charge on any atom is 0.0593 e. The van der Waals surface area contributed by atoms with Crippen LogP contribution in [0.4, 0.5) is 0 Å². The number of rotatable bonds is 0. The maximum absolute atomic E-state index is 4.06. The quantitative estimate of drug-likeness (QED) is 0.403. The molecule has 1 heteroatoms. The Kier molecular flexibility index (Phi) is 1.25. The van der Waals surface area contributed by atoms with Crippen molar-refractivity contribution in [2.75, 3.05) is 6.54 Å². The molecule has 0 fully saturated rings. The van der Waals surface area contributed by atoms with Gasteiger partial charge in [-0.1, -0.05) is 11.6 Å². The van der Waals surface area contributed by atoms with Gasteiger partial charge in [0.15, 0.2) is 0 Å². The molecule has 0 N–H and O–H groups in total. The van der Waals surface area contributed by atoms with E-state index in [0.717, 1.165) is 13.0 Å². The molecule has 0 spiro atoms. The SMILES string of the molecule is CC1=CCC=NC1. The Hall–Kier alpha value is -0.590. The number of dihydropyridines is 1. The highest BCUT2D eigenvalue weighted by Crippen LogP contribution is 1.98. The second-order valence-corrected chi connectivity index (χ2v) is 1.81. The van der Waals surface area contributed by atoms with E-state index in [1.807, 2.05) is 6.21 Å². The van der Waals surface area contributed by atoms with Gasteiger partial charge < -0.3 is 0 Å². The first-order chi connectivity index (χ1) is 3.39. The summed E-state index contributed by atoms with van der Waals surface area (Å²) in [5.74, 6) is 0. The Morgan fingerprint density at radius 1 is 1.71 bits per heavy atom. The highest BCUT2D eigenvalue weighted by molar-refractivity contribution is 5.61. The van der Waals surface area contributed by atoms with Crippen molar-refractivity contribution >= 4 is 6.21 Å².